The number of carbonyl (C=O) groups excluding carboxylic acids is 2. The van der Waals surface area contributed by atoms with E-state index in [1.54, 1.807) is 23.1 Å². The number of halogens is 1. The number of nitrogens with zero attached hydrogens (tertiary/aromatic N) is 1. The molecule has 27 heavy (non-hydrogen) atoms. The normalized spacial score (nSPS) is 21.3. The molecule has 1 atom stereocenters. The van der Waals surface area contributed by atoms with E-state index in [0.29, 0.717) is 18.7 Å². The monoisotopic (exact) mass is 366 g/mol. The second kappa shape index (κ2) is 7.14. The molecule has 1 spiro atoms. The van der Waals surface area contributed by atoms with Crippen molar-refractivity contribution in [1.82, 2.24) is 10.2 Å². The van der Waals surface area contributed by atoms with E-state index in [1.807, 2.05) is 30.3 Å². The average molecular weight is 366 g/mol. The summed E-state index contributed by atoms with van der Waals surface area (Å²) in [6, 6.07) is 16.3. The van der Waals surface area contributed by atoms with Crippen LogP contribution in [0.5, 0.6) is 0 Å². The summed E-state index contributed by atoms with van der Waals surface area (Å²) < 4.78 is 13.8. The number of hydrogen-bond donors (Lipinski definition) is 1. The molecule has 2 fully saturated rings. The third kappa shape index (κ3) is 3.59. The molecule has 0 aromatic heterocycles. The zero-order chi connectivity index (χ0) is 18.9. The van der Waals surface area contributed by atoms with Gasteiger partial charge in [0.1, 0.15) is 5.82 Å². The zero-order valence-electron chi connectivity index (χ0n) is 15.2. The lowest BCUT2D eigenvalue weighted by Gasteiger charge is -2.39. The molecule has 5 heteroatoms. The lowest BCUT2D eigenvalue weighted by Crippen LogP contribution is -2.52. The Morgan fingerprint density at radius 3 is 2.44 bits per heavy atom. The van der Waals surface area contributed by atoms with Crippen LogP contribution < -0.4 is 5.32 Å². The van der Waals surface area contributed by atoms with Crippen molar-refractivity contribution in [3.63, 3.8) is 0 Å². The fourth-order valence-electron chi connectivity index (χ4n) is 4.27. The molecule has 140 valence electrons. The Morgan fingerprint density at radius 1 is 1.07 bits per heavy atom. The number of amides is 2. The second-order valence-electron chi connectivity index (χ2n) is 7.59. The minimum atomic E-state index is -0.340. The number of hydrogen-bond acceptors (Lipinski definition) is 2. The van der Waals surface area contributed by atoms with E-state index in [1.165, 1.54) is 6.07 Å². The van der Waals surface area contributed by atoms with Crippen LogP contribution in [0.3, 0.4) is 0 Å². The average Bonchev–Trinajstić information content (AvgIpc) is 3.00. The van der Waals surface area contributed by atoms with Gasteiger partial charge < -0.3 is 10.2 Å². The predicted octanol–water partition coefficient (Wildman–Crippen LogP) is 3.03. The molecule has 4 nitrogen and oxygen atoms in total. The van der Waals surface area contributed by atoms with Gasteiger partial charge in [-0.1, -0.05) is 48.5 Å². The molecule has 2 aliphatic heterocycles. The summed E-state index contributed by atoms with van der Waals surface area (Å²) in [5, 5.41) is 3.20. The number of piperidine rings is 1. The fraction of sp³-hybridized carbons (Fsp3) is 0.364. The van der Waals surface area contributed by atoms with Crippen molar-refractivity contribution in [3.05, 3.63) is 71.5 Å². The summed E-state index contributed by atoms with van der Waals surface area (Å²) in [7, 11) is 0. The maximum Gasteiger partial charge on any atom is 0.228 e. The van der Waals surface area contributed by atoms with Gasteiger partial charge in [-0.3, -0.25) is 9.59 Å². The van der Waals surface area contributed by atoms with Gasteiger partial charge in [0, 0.05) is 18.6 Å². The Morgan fingerprint density at radius 2 is 1.74 bits per heavy atom. The third-order valence-corrected chi connectivity index (χ3v) is 5.87. The molecule has 2 aliphatic rings. The van der Waals surface area contributed by atoms with Gasteiger partial charge in [-0.2, -0.15) is 0 Å². The van der Waals surface area contributed by atoms with Crippen LogP contribution in [0.15, 0.2) is 54.6 Å². The third-order valence-electron chi connectivity index (χ3n) is 5.87. The van der Waals surface area contributed by atoms with Gasteiger partial charge in [0.25, 0.3) is 0 Å². The van der Waals surface area contributed by atoms with E-state index in [2.05, 4.69) is 5.32 Å². The lowest BCUT2D eigenvalue weighted by atomic mass is 9.82. The summed E-state index contributed by atoms with van der Waals surface area (Å²) in [5.74, 6) is -0.439. The fourth-order valence-corrected chi connectivity index (χ4v) is 4.27. The van der Waals surface area contributed by atoms with E-state index in [9.17, 15) is 14.0 Å². The zero-order valence-corrected chi connectivity index (χ0v) is 15.2. The first-order valence-corrected chi connectivity index (χ1v) is 9.44. The Kier molecular flexibility index (Phi) is 4.68. The summed E-state index contributed by atoms with van der Waals surface area (Å²) >= 11 is 0. The summed E-state index contributed by atoms with van der Waals surface area (Å²) in [4.78, 5) is 26.8. The van der Waals surface area contributed by atoms with E-state index in [0.717, 1.165) is 24.8 Å². The number of likely N-dealkylation sites (tertiary alicyclic amines) is 1. The van der Waals surface area contributed by atoms with Crippen LogP contribution in [-0.4, -0.2) is 35.3 Å². The molecule has 0 unspecified atom stereocenters. The molecule has 0 bridgehead atoms. The van der Waals surface area contributed by atoms with Gasteiger partial charge in [-0.15, -0.1) is 0 Å². The predicted molar refractivity (Wildman–Crippen MR) is 101 cm³/mol. The molecule has 0 saturated carbocycles. The molecule has 2 amide bonds. The van der Waals surface area contributed by atoms with Crippen molar-refractivity contribution in [2.24, 2.45) is 0 Å². The number of nitrogens with one attached hydrogen (secondary N) is 1. The first-order chi connectivity index (χ1) is 13.1. The minimum Gasteiger partial charge on any atom is -0.350 e. The molecule has 2 heterocycles. The molecular formula is C22H23FN2O2. The van der Waals surface area contributed by atoms with E-state index < -0.39 is 0 Å². The Labute approximate surface area is 158 Å². The highest BCUT2D eigenvalue weighted by molar-refractivity contribution is 5.87. The summed E-state index contributed by atoms with van der Waals surface area (Å²) in [5.41, 5.74) is 1.25. The highest BCUT2D eigenvalue weighted by Gasteiger charge is 2.46. The van der Waals surface area contributed by atoms with Gasteiger partial charge in [0.05, 0.1) is 12.3 Å². The topological polar surface area (TPSA) is 49.4 Å². The summed E-state index contributed by atoms with van der Waals surface area (Å²) in [6.45, 7) is 1.18. The van der Waals surface area contributed by atoms with E-state index >= 15 is 0 Å². The number of rotatable bonds is 3. The van der Waals surface area contributed by atoms with Gasteiger partial charge in [0.15, 0.2) is 0 Å². The molecule has 1 N–H and O–H groups in total. The summed E-state index contributed by atoms with van der Waals surface area (Å²) in [6.07, 6.45) is 2.33. The first kappa shape index (κ1) is 17.7. The van der Waals surface area contributed by atoms with Crippen molar-refractivity contribution in [2.75, 3.05) is 13.1 Å². The molecular weight excluding hydrogens is 343 g/mol. The molecule has 4 rings (SSSR count). The number of benzene rings is 2. The second-order valence-corrected chi connectivity index (χ2v) is 7.59. The van der Waals surface area contributed by atoms with E-state index in [-0.39, 0.29) is 35.5 Å². The van der Waals surface area contributed by atoms with Crippen LogP contribution in [-0.2, 0) is 16.0 Å². The van der Waals surface area contributed by atoms with Crippen molar-refractivity contribution in [2.45, 2.75) is 37.1 Å². The molecule has 0 aliphatic carbocycles. The standard InChI is InChI=1S/C22H23FN2O2/c23-19-9-5-4-8-17(19)14-20(26)25-12-10-22(11-13-25)15-18(21(27)24-22)16-6-2-1-3-7-16/h1-9,18H,10-15H2,(H,24,27)/t18-/m0/s1. The van der Waals surface area contributed by atoms with Crippen molar-refractivity contribution in [3.8, 4) is 0 Å². The van der Waals surface area contributed by atoms with Crippen molar-refractivity contribution >= 4 is 11.8 Å². The van der Waals surface area contributed by atoms with Crippen LogP contribution >= 0.6 is 0 Å². The molecule has 2 aromatic carbocycles. The largest absolute Gasteiger partial charge is 0.350 e. The highest BCUT2D eigenvalue weighted by Crippen LogP contribution is 2.39. The van der Waals surface area contributed by atoms with E-state index in [4.69, 9.17) is 0 Å². The number of carbonyl (C=O) groups is 2. The minimum absolute atomic E-state index is 0.0566. The van der Waals surface area contributed by atoms with Crippen LogP contribution in [0.2, 0.25) is 0 Å². The first-order valence-electron chi connectivity index (χ1n) is 9.44. The highest BCUT2D eigenvalue weighted by atomic mass is 19.1. The van der Waals surface area contributed by atoms with Gasteiger partial charge in [-0.25, -0.2) is 4.39 Å². The Balaban J connectivity index is 1.38. The van der Waals surface area contributed by atoms with Gasteiger partial charge in [-0.05, 0) is 36.5 Å². The maximum atomic E-state index is 13.8. The molecule has 0 radical (unpaired) electrons. The molecule has 2 saturated heterocycles. The van der Waals surface area contributed by atoms with Crippen molar-refractivity contribution in [1.29, 1.82) is 0 Å². The van der Waals surface area contributed by atoms with Crippen LogP contribution in [0, 0.1) is 5.82 Å². The van der Waals surface area contributed by atoms with Gasteiger partial charge in [0.2, 0.25) is 11.8 Å². The van der Waals surface area contributed by atoms with Gasteiger partial charge >= 0.3 is 0 Å². The molecule has 2 aromatic rings. The Hall–Kier alpha value is -2.69. The maximum absolute atomic E-state index is 13.8. The SMILES string of the molecule is O=C1NC2(CCN(C(=O)Cc3ccccc3F)CC2)C[C@H]1c1ccccc1. The lowest BCUT2D eigenvalue weighted by molar-refractivity contribution is -0.132. The smallest absolute Gasteiger partial charge is 0.228 e. The van der Waals surface area contributed by atoms with Crippen LogP contribution in [0.1, 0.15) is 36.3 Å². The van der Waals surface area contributed by atoms with Crippen LogP contribution in [0.25, 0.3) is 0 Å². The van der Waals surface area contributed by atoms with Crippen molar-refractivity contribution < 1.29 is 14.0 Å². The van der Waals surface area contributed by atoms with Crippen LogP contribution in [0.4, 0.5) is 4.39 Å². The Bertz CT molecular complexity index is 844. The quantitative estimate of drug-likeness (QED) is 0.908.